The van der Waals surface area contributed by atoms with Crippen LogP contribution in [-0.2, 0) is 6.54 Å². The van der Waals surface area contributed by atoms with E-state index in [4.69, 9.17) is 11.6 Å². The second-order valence-electron chi connectivity index (χ2n) is 4.80. The Labute approximate surface area is 110 Å². The largest absolute Gasteiger partial charge is 0.373 e. The average molecular weight is 255 g/mol. The van der Waals surface area contributed by atoms with E-state index in [0.717, 1.165) is 30.3 Å². The highest BCUT2D eigenvalue weighted by Gasteiger charge is 2.12. The molecule has 17 heavy (non-hydrogen) atoms. The molecule has 0 saturated heterocycles. The highest BCUT2D eigenvalue weighted by Crippen LogP contribution is 2.29. The van der Waals surface area contributed by atoms with Gasteiger partial charge in [-0.3, -0.25) is 0 Å². The Morgan fingerprint density at radius 3 is 2.65 bits per heavy atom. The van der Waals surface area contributed by atoms with E-state index in [0.29, 0.717) is 5.92 Å². The molecule has 0 aliphatic carbocycles. The van der Waals surface area contributed by atoms with E-state index >= 15 is 0 Å². The molecule has 0 heterocycles. The summed E-state index contributed by atoms with van der Waals surface area (Å²) in [4.78, 5) is 2.25. The lowest BCUT2D eigenvalue weighted by Gasteiger charge is -2.25. The molecule has 0 aliphatic heterocycles. The molecule has 0 spiro atoms. The fourth-order valence-electron chi connectivity index (χ4n) is 2.03. The number of hydrogen-bond acceptors (Lipinski definition) is 2. The van der Waals surface area contributed by atoms with Gasteiger partial charge in [0.25, 0.3) is 0 Å². The second kappa shape index (κ2) is 6.87. The van der Waals surface area contributed by atoms with Crippen molar-refractivity contribution in [2.24, 2.45) is 5.92 Å². The van der Waals surface area contributed by atoms with E-state index in [1.807, 2.05) is 12.1 Å². The highest BCUT2D eigenvalue weighted by molar-refractivity contribution is 6.33. The normalized spacial score (nSPS) is 10.9. The highest BCUT2D eigenvalue weighted by atomic mass is 35.5. The molecule has 0 saturated carbocycles. The minimum atomic E-state index is 0.628. The van der Waals surface area contributed by atoms with Crippen LogP contribution in [0.5, 0.6) is 0 Å². The van der Waals surface area contributed by atoms with Crippen molar-refractivity contribution < 1.29 is 0 Å². The Hall–Kier alpha value is -0.730. The van der Waals surface area contributed by atoms with E-state index < -0.39 is 0 Å². The third kappa shape index (κ3) is 4.21. The maximum atomic E-state index is 6.32. The van der Waals surface area contributed by atoms with Gasteiger partial charge in [0.05, 0.1) is 10.7 Å². The molecule has 0 aliphatic rings. The first-order chi connectivity index (χ1) is 8.06. The van der Waals surface area contributed by atoms with Gasteiger partial charge < -0.3 is 10.2 Å². The van der Waals surface area contributed by atoms with E-state index in [-0.39, 0.29) is 0 Å². The van der Waals surface area contributed by atoms with Crippen molar-refractivity contribution in [1.82, 2.24) is 5.32 Å². The SMILES string of the molecule is CCNCc1cccc(Cl)c1N(C)CC(C)C. The van der Waals surface area contributed by atoms with Crippen LogP contribution in [0.2, 0.25) is 5.02 Å². The Morgan fingerprint density at radius 2 is 2.06 bits per heavy atom. The van der Waals surface area contributed by atoms with Crippen LogP contribution in [0.1, 0.15) is 26.3 Å². The van der Waals surface area contributed by atoms with Crippen LogP contribution in [0.15, 0.2) is 18.2 Å². The molecule has 0 radical (unpaired) electrons. The fourth-order valence-corrected chi connectivity index (χ4v) is 2.37. The van der Waals surface area contributed by atoms with Crippen LogP contribution in [0.4, 0.5) is 5.69 Å². The van der Waals surface area contributed by atoms with Crippen LogP contribution in [-0.4, -0.2) is 20.1 Å². The topological polar surface area (TPSA) is 15.3 Å². The van der Waals surface area contributed by atoms with Crippen LogP contribution in [0, 0.1) is 5.92 Å². The number of nitrogens with one attached hydrogen (secondary N) is 1. The first-order valence-electron chi connectivity index (χ1n) is 6.25. The van der Waals surface area contributed by atoms with Crippen LogP contribution in [0.25, 0.3) is 0 Å². The number of rotatable bonds is 6. The first kappa shape index (κ1) is 14.3. The van der Waals surface area contributed by atoms with Crippen LogP contribution < -0.4 is 10.2 Å². The summed E-state index contributed by atoms with van der Waals surface area (Å²) in [5, 5.41) is 4.19. The molecule has 1 aromatic rings. The van der Waals surface area contributed by atoms with Crippen molar-refractivity contribution in [3.05, 3.63) is 28.8 Å². The quantitative estimate of drug-likeness (QED) is 0.835. The van der Waals surface area contributed by atoms with Gasteiger partial charge in [-0.15, -0.1) is 0 Å². The van der Waals surface area contributed by atoms with Gasteiger partial charge in [0, 0.05) is 20.1 Å². The zero-order chi connectivity index (χ0) is 12.8. The predicted molar refractivity (Wildman–Crippen MR) is 76.9 cm³/mol. The molecule has 3 heteroatoms. The molecular weight excluding hydrogens is 232 g/mol. The smallest absolute Gasteiger partial charge is 0.0642 e. The molecule has 1 aromatic carbocycles. The van der Waals surface area contributed by atoms with Crippen molar-refractivity contribution in [3.63, 3.8) is 0 Å². The third-order valence-electron chi connectivity index (χ3n) is 2.66. The minimum Gasteiger partial charge on any atom is -0.373 e. The summed E-state index contributed by atoms with van der Waals surface area (Å²) in [5.74, 6) is 0.628. The molecule has 0 bridgehead atoms. The summed E-state index contributed by atoms with van der Waals surface area (Å²) in [6.45, 7) is 9.41. The minimum absolute atomic E-state index is 0.628. The predicted octanol–water partition coefficient (Wildman–Crippen LogP) is 3.54. The van der Waals surface area contributed by atoms with Crippen molar-refractivity contribution in [2.75, 3.05) is 25.0 Å². The zero-order valence-corrected chi connectivity index (χ0v) is 12.0. The monoisotopic (exact) mass is 254 g/mol. The van der Waals surface area contributed by atoms with Crippen molar-refractivity contribution in [2.45, 2.75) is 27.3 Å². The lowest BCUT2D eigenvalue weighted by Crippen LogP contribution is -2.25. The van der Waals surface area contributed by atoms with Gasteiger partial charge >= 0.3 is 0 Å². The number of hydrogen-bond donors (Lipinski definition) is 1. The second-order valence-corrected chi connectivity index (χ2v) is 5.21. The summed E-state index contributed by atoms with van der Waals surface area (Å²) >= 11 is 6.32. The third-order valence-corrected chi connectivity index (χ3v) is 2.96. The van der Waals surface area contributed by atoms with Crippen molar-refractivity contribution in [3.8, 4) is 0 Å². The first-order valence-corrected chi connectivity index (χ1v) is 6.63. The number of halogens is 1. The van der Waals surface area contributed by atoms with Crippen molar-refractivity contribution >= 4 is 17.3 Å². The summed E-state index contributed by atoms with van der Waals surface area (Å²) in [7, 11) is 2.11. The molecule has 1 rings (SSSR count). The zero-order valence-electron chi connectivity index (χ0n) is 11.3. The fraction of sp³-hybridized carbons (Fsp3) is 0.571. The number of anilines is 1. The van der Waals surface area contributed by atoms with E-state index in [2.05, 4.69) is 44.1 Å². The lowest BCUT2D eigenvalue weighted by molar-refractivity contribution is 0.634. The summed E-state index contributed by atoms with van der Waals surface area (Å²) < 4.78 is 0. The van der Waals surface area contributed by atoms with Gasteiger partial charge in [0.1, 0.15) is 0 Å². The Balaban J connectivity index is 2.93. The van der Waals surface area contributed by atoms with Gasteiger partial charge in [-0.25, -0.2) is 0 Å². The van der Waals surface area contributed by atoms with Crippen LogP contribution >= 0.6 is 11.6 Å². The summed E-state index contributed by atoms with van der Waals surface area (Å²) in [6.07, 6.45) is 0. The number of benzene rings is 1. The number of para-hydroxylation sites is 1. The van der Waals surface area contributed by atoms with Gasteiger partial charge in [-0.2, -0.15) is 0 Å². The lowest BCUT2D eigenvalue weighted by atomic mass is 10.1. The van der Waals surface area contributed by atoms with E-state index in [1.165, 1.54) is 5.56 Å². The van der Waals surface area contributed by atoms with Crippen LogP contribution in [0.3, 0.4) is 0 Å². The average Bonchev–Trinajstić information content (AvgIpc) is 2.25. The Morgan fingerprint density at radius 1 is 1.35 bits per heavy atom. The maximum Gasteiger partial charge on any atom is 0.0642 e. The molecule has 0 fully saturated rings. The number of nitrogens with zero attached hydrogens (tertiary/aromatic N) is 1. The Bertz CT molecular complexity index is 350. The van der Waals surface area contributed by atoms with Gasteiger partial charge in [-0.05, 0) is 24.1 Å². The molecular formula is C14H23ClN2. The molecule has 0 aromatic heterocycles. The van der Waals surface area contributed by atoms with Gasteiger partial charge in [0.2, 0.25) is 0 Å². The van der Waals surface area contributed by atoms with Gasteiger partial charge in [0.15, 0.2) is 0 Å². The summed E-state index contributed by atoms with van der Waals surface area (Å²) in [6, 6.07) is 6.12. The molecule has 0 amide bonds. The van der Waals surface area contributed by atoms with Gasteiger partial charge in [-0.1, -0.05) is 44.5 Å². The summed E-state index contributed by atoms with van der Waals surface area (Å²) in [5.41, 5.74) is 2.42. The molecule has 0 atom stereocenters. The molecule has 0 unspecified atom stereocenters. The molecule has 1 N–H and O–H groups in total. The van der Waals surface area contributed by atoms with Crippen molar-refractivity contribution in [1.29, 1.82) is 0 Å². The Kier molecular flexibility index (Phi) is 5.79. The molecule has 2 nitrogen and oxygen atoms in total. The van der Waals surface area contributed by atoms with E-state index in [1.54, 1.807) is 0 Å². The molecule has 96 valence electrons. The maximum absolute atomic E-state index is 6.32. The van der Waals surface area contributed by atoms with E-state index in [9.17, 15) is 0 Å². The standard InChI is InChI=1S/C14H23ClN2/c1-5-16-9-12-7-6-8-13(15)14(12)17(4)10-11(2)3/h6-8,11,16H,5,9-10H2,1-4H3.